The number of nitrogens with zero attached hydrogens (tertiary/aromatic N) is 7. The summed E-state index contributed by atoms with van der Waals surface area (Å²) in [6.07, 6.45) is 5.31. The standard InChI is InChI=1S/C34H37F2N7O3/c1-8-12-41-13-14-42-23(16-41)33(44)40(6)31-29(42)20-15-22(36)28(25-21(35)10-9-11-24(25)46-7)39-32(20)43(34(31)45)30-26(18(2)3)37-17-38-27(30)19(4)5/h8-12,15,17-19,23H,13-14,16H2,1-7H3/t23-/m1/s1. The Balaban J connectivity index is 1.79. The van der Waals surface area contributed by atoms with Gasteiger partial charge in [-0.15, -0.1) is 0 Å². The summed E-state index contributed by atoms with van der Waals surface area (Å²) in [6, 6.07) is 4.86. The highest BCUT2D eigenvalue weighted by atomic mass is 19.1. The topological polar surface area (TPSA) is 96.7 Å². The molecule has 1 saturated heterocycles. The second-order valence-corrected chi connectivity index (χ2v) is 12.2. The fourth-order valence-electron chi connectivity index (χ4n) is 6.58. The van der Waals surface area contributed by atoms with Crippen molar-refractivity contribution in [1.29, 1.82) is 0 Å². The minimum Gasteiger partial charge on any atom is -0.496 e. The van der Waals surface area contributed by atoms with Gasteiger partial charge >= 0.3 is 0 Å². The van der Waals surface area contributed by atoms with E-state index < -0.39 is 23.2 Å². The highest BCUT2D eigenvalue weighted by Gasteiger charge is 2.43. The Morgan fingerprint density at radius 2 is 1.67 bits per heavy atom. The molecule has 1 atom stereocenters. The lowest BCUT2D eigenvalue weighted by atomic mass is 9.99. The molecule has 4 aromatic rings. The van der Waals surface area contributed by atoms with Crippen molar-refractivity contribution in [3.05, 3.63) is 76.2 Å². The Hall–Kier alpha value is -4.87. The van der Waals surface area contributed by atoms with Gasteiger partial charge < -0.3 is 19.4 Å². The van der Waals surface area contributed by atoms with Gasteiger partial charge in [0.1, 0.15) is 35.3 Å². The third kappa shape index (κ3) is 4.78. The van der Waals surface area contributed by atoms with Gasteiger partial charge in [0.25, 0.3) is 11.5 Å². The Morgan fingerprint density at radius 3 is 2.30 bits per heavy atom. The van der Waals surface area contributed by atoms with Crippen LogP contribution in [0.25, 0.3) is 28.0 Å². The van der Waals surface area contributed by atoms with Crippen LogP contribution in [-0.4, -0.2) is 70.2 Å². The average Bonchev–Trinajstić information content (AvgIpc) is 3.03. The minimum absolute atomic E-state index is 0.0943. The van der Waals surface area contributed by atoms with Gasteiger partial charge in [-0.1, -0.05) is 39.8 Å². The number of pyridine rings is 2. The number of hydrogen-bond donors (Lipinski definition) is 0. The number of benzene rings is 1. The number of anilines is 2. The highest BCUT2D eigenvalue weighted by molar-refractivity contribution is 6.11. The third-order valence-corrected chi connectivity index (χ3v) is 8.69. The number of likely N-dealkylation sites (N-methyl/N-ethyl adjacent to an activating group) is 1. The molecular formula is C34H37F2N7O3. The molecule has 0 aliphatic carbocycles. The van der Waals surface area contributed by atoms with E-state index in [1.807, 2.05) is 56.7 Å². The van der Waals surface area contributed by atoms with Crippen molar-refractivity contribution < 1.29 is 18.3 Å². The molecule has 0 unspecified atom stereocenters. The maximum Gasteiger partial charge on any atom is 0.283 e. The van der Waals surface area contributed by atoms with E-state index in [1.165, 1.54) is 47.2 Å². The monoisotopic (exact) mass is 629 g/mol. The quantitative estimate of drug-likeness (QED) is 0.281. The van der Waals surface area contributed by atoms with Gasteiger partial charge in [-0.3, -0.25) is 14.2 Å². The summed E-state index contributed by atoms with van der Waals surface area (Å²) in [4.78, 5) is 48.0. The number of hydrogen-bond acceptors (Lipinski definition) is 8. The predicted molar refractivity (Wildman–Crippen MR) is 174 cm³/mol. The summed E-state index contributed by atoms with van der Waals surface area (Å²) in [5, 5.41) is 0.309. The fourth-order valence-corrected chi connectivity index (χ4v) is 6.58. The van der Waals surface area contributed by atoms with Crippen molar-refractivity contribution in [3.63, 3.8) is 0 Å². The highest BCUT2D eigenvalue weighted by Crippen LogP contribution is 2.43. The normalized spacial score (nSPS) is 16.6. The van der Waals surface area contributed by atoms with Crippen LogP contribution in [0.5, 0.6) is 5.75 Å². The SMILES string of the molecule is CC=CN1CCN2c3c(c(=O)n(-c4c(C(C)C)ncnc4C(C)C)c4nc(-c5c(F)cccc5OC)c(F)cc34)N(C)C(=O)[C@H]2C1. The van der Waals surface area contributed by atoms with Crippen LogP contribution >= 0.6 is 0 Å². The molecule has 0 N–H and O–H groups in total. The first-order valence-corrected chi connectivity index (χ1v) is 15.4. The minimum atomic E-state index is -0.801. The maximum atomic E-state index is 16.4. The van der Waals surface area contributed by atoms with E-state index in [2.05, 4.69) is 9.97 Å². The molecule has 3 aromatic heterocycles. The van der Waals surface area contributed by atoms with Gasteiger partial charge in [-0.2, -0.15) is 0 Å². The van der Waals surface area contributed by atoms with E-state index in [0.29, 0.717) is 47.8 Å². The van der Waals surface area contributed by atoms with Gasteiger partial charge in [-0.05, 0) is 43.2 Å². The van der Waals surface area contributed by atoms with Crippen molar-refractivity contribution in [2.75, 3.05) is 43.6 Å². The molecule has 6 rings (SSSR count). The Labute approximate surface area is 266 Å². The zero-order valence-corrected chi connectivity index (χ0v) is 27.0. The molecule has 1 aromatic carbocycles. The number of allylic oxidation sites excluding steroid dienone is 1. The molecule has 2 aliphatic rings. The van der Waals surface area contributed by atoms with E-state index in [0.717, 1.165) is 0 Å². The summed E-state index contributed by atoms with van der Waals surface area (Å²) in [5.41, 5.74) is 1.20. The Kier molecular flexibility index (Phi) is 7.99. The van der Waals surface area contributed by atoms with Gasteiger partial charge in [0.2, 0.25) is 0 Å². The van der Waals surface area contributed by atoms with Crippen molar-refractivity contribution >= 4 is 28.3 Å². The molecule has 5 heterocycles. The first-order chi connectivity index (χ1) is 22.0. The molecular weight excluding hydrogens is 592 g/mol. The number of halogens is 2. The Morgan fingerprint density at radius 1 is 0.978 bits per heavy atom. The second-order valence-electron chi connectivity index (χ2n) is 12.2. The zero-order chi connectivity index (χ0) is 33.0. The number of methoxy groups -OCH3 is 1. The first kappa shape index (κ1) is 31.1. The Bertz CT molecular complexity index is 1930. The molecule has 46 heavy (non-hydrogen) atoms. The van der Waals surface area contributed by atoms with Crippen molar-refractivity contribution in [2.45, 2.75) is 52.5 Å². The van der Waals surface area contributed by atoms with E-state index in [-0.39, 0.29) is 46.1 Å². The summed E-state index contributed by atoms with van der Waals surface area (Å²) in [7, 11) is 2.94. The third-order valence-electron chi connectivity index (χ3n) is 8.69. The van der Waals surface area contributed by atoms with Gasteiger partial charge in [0.15, 0.2) is 11.5 Å². The summed E-state index contributed by atoms with van der Waals surface area (Å²) in [6.45, 7) is 11.1. The molecule has 0 bridgehead atoms. The van der Waals surface area contributed by atoms with Gasteiger partial charge in [0, 0.05) is 32.1 Å². The number of amides is 1. The number of rotatable bonds is 6. The van der Waals surface area contributed by atoms with Crippen LogP contribution in [0, 0.1) is 11.6 Å². The molecule has 10 nitrogen and oxygen atoms in total. The predicted octanol–water partition coefficient (Wildman–Crippen LogP) is 5.38. The largest absolute Gasteiger partial charge is 0.496 e. The molecule has 0 saturated carbocycles. The number of piperazine rings is 1. The molecule has 2 aliphatic heterocycles. The van der Waals surface area contributed by atoms with Gasteiger partial charge in [-0.25, -0.2) is 23.7 Å². The van der Waals surface area contributed by atoms with E-state index in [4.69, 9.17) is 9.72 Å². The van der Waals surface area contributed by atoms with Crippen LogP contribution in [0.15, 0.2) is 47.7 Å². The average molecular weight is 630 g/mol. The molecule has 0 spiro atoms. The lowest BCUT2D eigenvalue weighted by Gasteiger charge is -2.47. The van der Waals surface area contributed by atoms with Crippen molar-refractivity contribution in [1.82, 2.24) is 24.4 Å². The number of ether oxygens (including phenoxy) is 1. The van der Waals surface area contributed by atoms with E-state index in [1.54, 1.807) is 7.05 Å². The fraction of sp³-hybridized carbons (Fsp3) is 0.382. The van der Waals surface area contributed by atoms with Crippen LogP contribution in [0.1, 0.15) is 57.8 Å². The summed E-state index contributed by atoms with van der Waals surface area (Å²) < 4.78 is 38.6. The van der Waals surface area contributed by atoms with Crippen molar-refractivity contribution in [3.8, 4) is 22.7 Å². The lowest BCUT2D eigenvalue weighted by molar-refractivity contribution is -0.120. The number of carbonyl (C=O) groups is 1. The molecule has 1 fully saturated rings. The summed E-state index contributed by atoms with van der Waals surface area (Å²) >= 11 is 0. The molecule has 12 heteroatoms. The van der Waals surface area contributed by atoms with Crippen LogP contribution in [-0.2, 0) is 4.79 Å². The van der Waals surface area contributed by atoms with Gasteiger partial charge in [0.05, 0.1) is 35.4 Å². The molecule has 1 amide bonds. The summed E-state index contributed by atoms with van der Waals surface area (Å²) in [5.74, 6) is -1.95. The number of aromatic nitrogens is 4. The number of carbonyl (C=O) groups excluding carboxylic acids is 1. The first-order valence-electron chi connectivity index (χ1n) is 15.4. The second kappa shape index (κ2) is 11.8. The maximum absolute atomic E-state index is 16.4. The van der Waals surface area contributed by atoms with E-state index >= 15 is 8.78 Å². The number of fused-ring (bicyclic) bond motifs is 5. The molecule has 240 valence electrons. The van der Waals surface area contributed by atoms with Crippen molar-refractivity contribution in [2.24, 2.45) is 0 Å². The van der Waals surface area contributed by atoms with Crippen LogP contribution in [0.4, 0.5) is 20.2 Å². The van der Waals surface area contributed by atoms with Crippen LogP contribution < -0.4 is 20.1 Å². The molecule has 0 radical (unpaired) electrons. The van der Waals surface area contributed by atoms with E-state index in [9.17, 15) is 9.59 Å². The smallest absolute Gasteiger partial charge is 0.283 e. The van der Waals surface area contributed by atoms with Crippen LogP contribution in [0.3, 0.4) is 0 Å². The zero-order valence-electron chi connectivity index (χ0n) is 27.0. The lowest BCUT2D eigenvalue weighted by Crippen LogP contribution is -2.62. The van der Waals surface area contributed by atoms with Crippen LogP contribution in [0.2, 0.25) is 0 Å².